The SMILES string of the molecule is COC1CCCC(OCc2ccc(C#N)cc2Cl)C1. The number of nitriles is 1. The molecule has 4 heteroatoms. The van der Waals surface area contributed by atoms with Gasteiger partial charge >= 0.3 is 0 Å². The van der Waals surface area contributed by atoms with E-state index < -0.39 is 0 Å². The van der Waals surface area contributed by atoms with Gasteiger partial charge < -0.3 is 9.47 Å². The molecule has 3 nitrogen and oxygen atoms in total. The van der Waals surface area contributed by atoms with Crippen molar-refractivity contribution in [1.82, 2.24) is 0 Å². The third-order valence-corrected chi connectivity index (χ3v) is 3.92. The van der Waals surface area contributed by atoms with E-state index in [1.165, 1.54) is 0 Å². The Morgan fingerprint density at radius 3 is 2.84 bits per heavy atom. The summed E-state index contributed by atoms with van der Waals surface area (Å²) < 4.78 is 11.3. The summed E-state index contributed by atoms with van der Waals surface area (Å²) >= 11 is 6.13. The van der Waals surface area contributed by atoms with Crippen molar-refractivity contribution in [2.24, 2.45) is 0 Å². The molecule has 1 fully saturated rings. The van der Waals surface area contributed by atoms with E-state index in [1.54, 1.807) is 19.2 Å². The molecule has 1 aromatic carbocycles. The Bertz CT molecular complexity index is 470. The van der Waals surface area contributed by atoms with E-state index in [9.17, 15) is 0 Å². The molecule has 0 heterocycles. The van der Waals surface area contributed by atoms with Gasteiger partial charge in [-0.1, -0.05) is 17.7 Å². The minimum Gasteiger partial charge on any atom is -0.381 e. The highest BCUT2D eigenvalue weighted by atomic mass is 35.5. The number of methoxy groups -OCH3 is 1. The van der Waals surface area contributed by atoms with Crippen molar-refractivity contribution in [1.29, 1.82) is 5.26 Å². The summed E-state index contributed by atoms with van der Waals surface area (Å²) in [4.78, 5) is 0. The van der Waals surface area contributed by atoms with Gasteiger partial charge in [0, 0.05) is 12.1 Å². The maximum absolute atomic E-state index is 8.79. The van der Waals surface area contributed by atoms with Crippen molar-refractivity contribution in [3.63, 3.8) is 0 Å². The van der Waals surface area contributed by atoms with E-state index in [0.29, 0.717) is 23.3 Å². The van der Waals surface area contributed by atoms with E-state index in [1.807, 2.05) is 6.07 Å². The molecule has 19 heavy (non-hydrogen) atoms. The van der Waals surface area contributed by atoms with Crippen molar-refractivity contribution in [2.75, 3.05) is 7.11 Å². The maximum Gasteiger partial charge on any atom is 0.0992 e. The Balaban J connectivity index is 1.90. The fourth-order valence-electron chi connectivity index (χ4n) is 2.41. The lowest BCUT2D eigenvalue weighted by molar-refractivity contribution is -0.0363. The fourth-order valence-corrected chi connectivity index (χ4v) is 2.64. The highest BCUT2D eigenvalue weighted by Crippen LogP contribution is 2.25. The summed E-state index contributed by atoms with van der Waals surface area (Å²) in [5.41, 5.74) is 1.51. The van der Waals surface area contributed by atoms with E-state index in [-0.39, 0.29) is 6.10 Å². The number of halogens is 1. The molecule has 0 aromatic heterocycles. The predicted octanol–water partition coefficient (Wildman–Crippen LogP) is 3.69. The average Bonchev–Trinajstić information content (AvgIpc) is 2.46. The van der Waals surface area contributed by atoms with Crippen LogP contribution in [0.4, 0.5) is 0 Å². The molecule has 0 aliphatic heterocycles. The molecule has 1 aliphatic rings. The Hall–Kier alpha value is -1.08. The van der Waals surface area contributed by atoms with Crippen LogP contribution < -0.4 is 0 Å². The smallest absolute Gasteiger partial charge is 0.0992 e. The Kier molecular flexibility index (Phi) is 5.21. The number of hydrogen-bond donors (Lipinski definition) is 0. The molecule has 2 unspecified atom stereocenters. The van der Waals surface area contributed by atoms with Crippen LogP contribution in [0, 0.1) is 11.3 Å². The molecule has 102 valence electrons. The highest BCUT2D eigenvalue weighted by Gasteiger charge is 2.22. The van der Waals surface area contributed by atoms with Crippen LogP contribution in [0.15, 0.2) is 18.2 Å². The zero-order valence-corrected chi connectivity index (χ0v) is 11.8. The molecule has 0 radical (unpaired) electrons. The highest BCUT2D eigenvalue weighted by molar-refractivity contribution is 6.31. The predicted molar refractivity (Wildman–Crippen MR) is 74.0 cm³/mol. The molecular formula is C15H18ClNO2. The lowest BCUT2D eigenvalue weighted by Gasteiger charge is -2.28. The molecular weight excluding hydrogens is 262 g/mol. The molecule has 0 bridgehead atoms. The number of rotatable bonds is 4. The third-order valence-electron chi connectivity index (χ3n) is 3.57. The van der Waals surface area contributed by atoms with Crippen LogP contribution in [0.3, 0.4) is 0 Å². The van der Waals surface area contributed by atoms with Gasteiger partial charge in [-0.2, -0.15) is 5.26 Å². The van der Waals surface area contributed by atoms with Crippen molar-refractivity contribution in [2.45, 2.75) is 44.5 Å². The Morgan fingerprint density at radius 2 is 2.16 bits per heavy atom. The first-order valence-corrected chi connectivity index (χ1v) is 6.93. The molecule has 0 N–H and O–H groups in total. The first-order valence-electron chi connectivity index (χ1n) is 6.56. The van der Waals surface area contributed by atoms with Gasteiger partial charge in [0.1, 0.15) is 0 Å². The van der Waals surface area contributed by atoms with Crippen molar-refractivity contribution >= 4 is 11.6 Å². The van der Waals surface area contributed by atoms with Crippen LogP contribution in [-0.4, -0.2) is 19.3 Å². The first kappa shape index (κ1) is 14.3. The Morgan fingerprint density at radius 1 is 1.37 bits per heavy atom. The van der Waals surface area contributed by atoms with Crippen LogP contribution in [0.1, 0.15) is 36.8 Å². The third kappa shape index (κ3) is 3.94. The van der Waals surface area contributed by atoms with E-state index in [2.05, 4.69) is 6.07 Å². The van der Waals surface area contributed by atoms with Gasteiger partial charge in [-0.25, -0.2) is 0 Å². The number of hydrogen-bond acceptors (Lipinski definition) is 3. The zero-order chi connectivity index (χ0) is 13.7. The van der Waals surface area contributed by atoms with Crippen molar-refractivity contribution in [3.05, 3.63) is 34.3 Å². The maximum atomic E-state index is 8.79. The summed E-state index contributed by atoms with van der Waals surface area (Å²) in [6, 6.07) is 7.38. The molecule has 1 saturated carbocycles. The second kappa shape index (κ2) is 6.91. The zero-order valence-electron chi connectivity index (χ0n) is 11.1. The minimum atomic E-state index is 0.241. The number of benzene rings is 1. The van der Waals surface area contributed by atoms with Crippen molar-refractivity contribution in [3.8, 4) is 6.07 Å². The van der Waals surface area contributed by atoms with Crippen LogP contribution in [0.5, 0.6) is 0 Å². The monoisotopic (exact) mass is 279 g/mol. The quantitative estimate of drug-likeness (QED) is 0.844. The second-order valence-corrected chi connectivity index (χ2v) is 5.28. The number of ether oxygens (including phenoxy) is 2. The standard InChI is InChI=1S/C15H18ClNO2/c1-18-13-3-2-4-14(8-13)19-10-12-6-5-11(9-17)7-15(12)16/h5-7,13-14H,2-4,8,10H2,1H3. The molecule has 0 saturated heterocycles. The summed E-state index contributed by atoms with van der Waals surface area (Å²) in [6.07, 6.45) is 4.84. The summed E-state index contributed by atoms with van der Waals surface area (Å²) in [6.45, 7) is 0.492. The van der Waals surface area contributed by atoms with Gasteiger partial charge in [-0.3, -0.25) is 0 Å². The van der Waals surface area contributed by atoms with E-state index in [0.717, 1.165) is 31.2 Å². The van der Waals surface area contributed by atoms with Crippen LogP contribution in [0.25, 0.3) is 0 Å². The normalized spacial score (nSPS) is 23.0. The lowest BCUT2D eigenvalue weighted by Crippen LogP contribution is -2.27. The molecule has 1 aromatic rings. The molecule has 0 amide bonds. The van der Waals surface area contributed by atoms with Gasteiger partial charge in [0.05, 0.1) is 30.4 Å². The largest absolute Gasteiger partial charge is 0.381 e. The second-order valence-electron chi connectivity index (χ2n) is 4.88. The summed E-state index contributed by atoms with van der Waals surface area (Å²) in [7, 11) is 1.75. The van der Waals surface area contributed by atoms with Crippen LogP contribution >= 0.6 is 11.6 Å². The summed E-state index contributed by atoms with van der Waals surface area (Å²) in [5, 5.41) is 9.38. The Labute approximate surface area is 119 Å². The first-order chi connectivity index (χ1) is 9.22. The van der Waals surface area contributed by atoms with Gasteiger partial charge in [0.15, 0.2) is 0 Å². The summed E-state index contributed by atoms with van der Waals surface area (Å²) in [5.74, 6) is 0. The van der Waals surface area contributed by atoms with Gasteiger partial charge in [0.2, 0.25) is 0 Å². The number of nitrogens with zero attached hydrogens (tertiary/aromatic N) is 1. The van der Waals surface area contributed by atoms with E-state index >= 15 is 0 Å². The average molecular weight is 280 g/mol. The van der Waals surface area contributed by atoms with Crippen LogP contribution in [0.2, 0.25) is 5.02 Å². The van der Waals surface area contributed by atoms with Gasteiger partial charge in [0.25, 0.3) is 0 Å². The topological polar surface area (TPSA) is 42.2 Å². The minimum absolute atomic E-state index is 0.241. The fraction of sp³-hybridized carbons (Fsp3) is 0.533. The van der Waals surface area contributed by atoms with Crippen LogP contribution in [-0.2, 0) is 16.1 Å². The van der Waals surface area contributed by atoms with E-state index in [4.69, 9.17) is 26.3 Å². The van der Waals surface area contributed by atoms with Crippen molar-refractivity contribution < 1.29 is 9.47 Å². The van der Waals surface area contributed by atoms with Gasteiger partial charge in [-0.05, 0) is 43.4 Å². The molecule has 2 atom stereocenters. The lowest BCUT2D eigenvalue weighted by atomic mass is 9.95. The molecule has 0 spiro atoms. The molecule has 1 aliphatic carbocycles. The van der Waals surface area contributed by atoms with Gasteiger partial charge in [-0.15, -0.1) is 0 Å². The molecule has 2 rings (SSSR count).